The number of rotatable bonds is 4. The average Bonchev–Trinajstić information content (AvgIpc) is 2.64. The molecule has 4 unspecified atom stereocenters. The van der Waals surface area contributed by atoms with E-state index in [-0.39, 0.29) is 24.0 Å². The molecular formula is C14H20O4. The Balaban J connectivity index is 1.82. The zero-order valence-corrected chi connectivity index (χ0v) is 11.0. The van der Waals surface area contributed by atoms with E-state index in [0.29, 0.717) is 30.4 Å². The summed E-state index contributed by atoms with van der Waals surface area (Å²) < 4.78 is 10.5. The summed E-state index contributed by atoms with van der Waals surface area (Å²) in [6.07, 6.45) is 2.47. The number of cyclic esters (lactones) is 1. The van der Waals surface area contributed by atoms with Gasteiger partial charge in [0, 0.05) is 12.0 Å². The van der Waals surface area contributed by atoms with Crippen molar-refractivity contribution in [2.24, 2.45) is 17.8 Å². The first-order valence-corrected chi connectivity index (χ1v) is 6.52. The fourth-order valence-corrected chi connectivity index (χ4v) is 2.95. The summed E-state index contributed by atoms with van der Waals surface area (Å²) in [7, 11) is 0. The van der Waals surface area contributed by atoms with Gasteiger partial charge in [-0.05, 0) is 31.6 Å². The van der Waals surface area contributed by atoms with Crippen LogP contribution in [0.3, 0.4) is 0 Å². The Kier molecular flexibility index (Phi) is 3.73. The number of carbonyl (C=O) groups excluding carboxylic acids is 2. The maximum absolute atomic E-state index is 11.7. The second kappa shape index (κ2) is 5.12. The highest BCUT2D eigenvalue weighted by molar-refractivity contribution is 5.86. The van der Waals surface area contributed by atoms with Crippen molar-refractivity contribution in [2.75, 3.05) is 6.61 Å². The predicted molar refractivity (Wildman–Crippen MR) is 65.6 cm³/mol. The van der Waals surface area contributed by atoms with E-state index in [9.17, 15) is 9.59 Å². The first kappa shape index (κ1) is 13.1. The molecule has 0 spiro atoms. The van der Waals surface area contributed by atoms with Crippen LogP contribution in [-0.4, -0.2) is 24.6 Å². The molecule has 18 heavy (non-hydrogen) atoms. The van der Waals surface area contributed by atoms with Crippen molar-refractivity contribution in [3.05, 3.63) is 12.2 Å². The molecule has 4 atom stereocenters. The van der Waals surface area contributed by atoms with Gasteiger partial charge in [0.25, 0.3) is 0 Å². The molecule has 1 aliphatic heterocycles. The molecule has 2 fully saturated rings. The summed E-state index contributed by atoms with van der Waals surface area (Å²) in [4.78, 5) is 23.0. The second-order valence-electron chi connectivity index (χ2n) is 5.50. The van der Waals surface area contributed by atoms with E-state index in [1.807, 2.05) is 0 Å². The van der Waals surface area contributed by atoms with Crippen LogP contribution in [0.4, 0.5) is 0 Å². The molecule has 1 heterocycles. The minimum atomic E-state index is -0.380. The van der Waals surface area contributed by atoms with Gasteiger partial charge in [-0.2, -0.15) is 0 Å². The molecular weight excluding hydrogens is 232 g/mol. The second-order valence-corrected chi connectivity index (χ2v) is 5.50. The monoisotopic (exact) mass is 252 g/mol. The molecule has 0 aromatic heterocycles. The normalized spacial score (nSPS) is 34.0. The standard InChI is InChI=1S/C14H20O4/c1-8(2)13(15)17-5-4-12-10-6-9(3)11(7-10)14(16)18-12/h9-12H,1,4-7H2,2-3H3. The minimum Gasteiger partial charge on any atom is -0.462 e. The molecule has 0 aromatic carbocycles. The van der Waals surface area contributed by atoms with E-state index in [0.717, 1.165) is 12.8 Å². The lowest BCUT2D eigenvalue weighted by Gasteiger charge is -2.28. The van der Waals surface area contributed by atoms with Crippen LogP contribution in [-0.2, 0) is 19.1 Å². The molecule has 4 heteroatoms. The van der Waals surface area contributed by atoms with Gasteiger partial charge >= 0.3 is 11.9 Å². The number of hydrogen-bond acceptors (Lipinski definition) is 4. The van der Waals surface area contributed by atoms with Gasteiger partial charge in [0.15, 0.2) is 0 Å². The molecule has 1 saturated heterocycles. The maximum Gasteiger partial charge on any atom is 0.333 e. The van der Waals surface area contributed by atoms with Gasteiger partial charge in [-0.3, -0.25) is 4.79 Å². The SMILES string of the molecule is C=C(C)C(=O)OCCC1OC(=O)C2CC1CC2C. The van der Waals surface area contributed by atoms with Gasteiger partial charge in [0.1, 0.15) is 6.10 Å². The number of esters is 2. The first-order valence-electron chi connectivity index (χ1n) is 6.52. The molecule has 1 saturated carbocycles. The Morgan fingerprint density at radius 2 is 2.22 bits per heavy atom. The summed E-state index contributed by atoms with van der Waals surface area (Å²) >= 11 is 0. The molecule has 1 aliphatic carbocycles. The lowest BCUT2D eigenvalue weighted by Crippen LogP contribution is -2.34. The number of fused-ring (bicyclic) bond motifs is 2. The van der Waals surface area contributed by atoms with Crippen molar-refractivity contribution in [1.82, 2.24) is 0 Å². The Labute approximate surface area is 107 Å². The van der Waals surface area contributed by atoms with Crippen LogP contribution in [0.2, 0.25) is 0 Å². The van der Waals surface area contributed by atoms with E-state index in [4.69, 9.17) is 9.47 Å². The Bertz CT molecular complexity index is 374. The Hall–Kier alpha value is -1.32. The van der Waals surface area contributed by atoms with E-state index >= 15 is 0 Å². The summed E-state index contributed by atoms with van der Waals surface area (Å²) in [6, 6.07) is 0. The summed E-state index contributed by atoms with van der Waals surface area (Å²) in [5.41, 5.74) is 0.394. The van der Waals surface area contributed by atoms with Crippen LogP contribution in [0.15, 0.2) is 12.2 Å². The van der Waals surface area contributed by atoms with Crippen molar-refractivity contribution in [2.45, 2.75) is 39.2 Å². The Morgan fingerprint density at radius 3 is 2.89 bits per heavy atom. The van der Waals surface area contributed by atoms with Gasteiger partial charge < -0.3 is 9.47 Å². The molecule has 2 rings (SSSR count). The zero-order valence-electron chi connectivity index (χ0n) is 11.0. The van der Waals surface area contributed by atoms with Crippen molar-refractivity contribution < 1.29 is 19.1 Å². The molecule has 0 N–H and O–H groups in total. The molecule has 0 aromatic rings. The fourth-order valence-electron chi connectivity index (χ4n) is 2.95. The van der Waals surface area contributed by atoms with Crippen molar-refractivity contribution in [1.29, 1.82) is 0 Å². The van der Waals surface area contributed by atoms with Crippen molar-refractivity contribution >= 4 is 11.9 Å². The van der Waals surface area contributed by atoms with Crippen LogP contribution in [0, 0.1) is 17.8 Å². The highest BCUT2D eigenvalue weighted by Crippen LogP contribution is 2.44. The predicted octanol–water partition coefficient (Wildman–Crippen LogP) is 2.08. The van der Waals surface area contributed by atoms with E-state index < -0.39 is 0 Å². The fraction of sp³-hybridized carbons (Fsp3) is 0.714. The van der Waals surface area contributed by atoms with E-state index in [1.54, 1.807) is 6.92 Å². The van der Waals surface area contributed by atoms with E-state index in [2.05, 4.69) is 13.5 Å². The highest BCUT2D eigenvalue weighted by Gasteiger charge is 2.46. The molecule has 0 amide bonds. The zero-order chi connectivity index (χ0) is 13.3. The summed E-state index contributed by atoms with van der Waals surface area (Å²) in [5.74, 6) is 0.489. The molecule has 100 valence electrons. The molecule has 2 aliphatic rings. The molecule has 2 bridgehead atoms. The largest absolute Gasteiger partial charge is 0.462 e. The van der Waals surface area contributed by atoms with Crippen LogP contribution < -0.4 is 0 Å². The molecule has 0 radical (unpaired) electrons. The highest BCUT2D eigenvalue weighted by atomic mass is 16.6. The van der Waals surface area contributed by atoms with Gasteiger partial charge in [0.05, 0.1) is 12.5 Å². The summed E-state index contributed by atoms with van der Waals surface area (Å²) in [6.45, 7) is 7.54. The third-order valence-corrected chi connectivity index (χ3v) is 4.00. The van der Waals surface area contributed by atoms with Gasteiger partial charge in [0.2, 0.25) is 0 Å². The third-order valence-electron chi connectivity index (χ3n) is 4.00. The third kappa shape index (κ3) is 2.57. The number of carbonyl (C=O) groups is 2. The van der Waals surface area contributed by atoms with Crippen molar-refractivity contribution in [3.63, 3.8) is 0 Å². The lowest BCUT2D eigenvalue weighted by atomic mass is 9.94. The minimum absolute atomic E-state index is 0.0764. The Morgan fingerprint density at radius 1 is 1.50 bits per heavy atom. The van der Waals surface area contributed by atoms with Crippen LogP contribution in [0.5, 0.6) is 0 Å². The van der Waals surface area contributed by atoms with Crippen molar-refractivity contribution in [3.8, 4) is 0 Å². The maximum atomic E-state index is 11.7. The van der Waals surface area contributed by atoms with Gasteiger partial charge in [-0.15, -0.1) is 0 Å². The topological polar surface area (TPSA) is 52.6 Å². The number of hydrogen-bond donors (Lipinski definition) is 0. The van der Waals surface area contributed by atoms with Gasteiger partial charge in [-0.1, -0.05) is 13.5 Å². The molecule has 4 nitrogen and oxygen atoms in total. The van der Waals surface area contributed by atoms with Crippen LogP contribution in [0.1, 0.15) is 33.1 Å². The number of ether oxygens (including phenoxy) is 2. The first-order chi connectivity index (χ1) is 8.49. The quantitative estimate of drug-likeness (QED) is 0.568. The lowest BCUT2D eigenvalue weighted by molar-refractivity contribution is -0.163. The van der Waals surface area contributed by atoms with Crippen LogP contribution in [0.25, 0.3) is 0 Å². The van der Waals surface area contributed by atoms with Crippen LogP contribution >= 0.6 is 0 Å². The summed E-state index contributed by atoms with van der Waals surface area (Å²) in [5, 5.41) is 0. The van der Waals surface area contributed by atoms with E-state index in [1.165, 1.54) is 0 Å². The van der Waals surface area contributed by atoms with Gasteiger partial charge in [-0.25, -0.2) is 4.79 Å². The average molecular weight is 252 g/mol. The smallest absolute Gasteiger partial charge is 0.333 e.